The van der Waals surface area contributed by atoms with Gasteiger partial charge in [0.15, 0.2) is 0 Å². The minimum absolute atomic E-state index is 0.588. The van der Waals surface area contributed by atoms with Crippen LogP contribution in [-0.2, 0) is 13.2 Å². The van der Waals surface area contributed by atoms with E-state index in [9.17, 15) is 0 Å². The van der Waals surface area contributed by atoms with Gasteiger partial charge < -0.3 is 10.1 Å². The van der Waals surface area contributed by atoms with E-state index in [2.05, 4.69) is 61.6 Å². The average molecular weight is 419 g/mol. The van der Waals surface area contributed by atoms with Crippen molar-refractivity contribution in [1.29, 1.82) is 0 Å². The Morgan fingerprint density at radius 2 is 2.05 bits per heavy atom. The predicted molar refractivity (Wildman–Crippen MR) is 92.5 cm³/mol. The second-order valence-corrected chi connectivity index (χ2v) is 7.13. The van der Waals surface area contributed by atoms with E-state index in [1.807, 2.05) is 12.1 Å². The molecule has 0 aliphatic carbocycles. The zero-order chi connectivity index (χ0) is 14.4. The van der Waals surface area contributed by atoms with Gasteiger partial charge in [0, 0.05) is 11.0 Å². The van der Waals surface area contributed by atoms with E-state index in [4.69, 9.17) is 4.74 Å². The van der Waals surface area contributed by atoms with Crippen LogP contribution in [0.25, 0.3) is 0 Å². The summed E-state index contributed by atoms with van der Waals surface area (Å²) in [7, 11) is 0. The maximum absolute atomic E-state index is 5.86. The molecule has 0 amide bonds. The molecule has 0 aliphatic heterocycles. The molecule has 1 aromatic carbocycles. The normalized spacial score (nSPS) is 10.8. The molecular formula is C15H17Br2NOS. The third kappa shape index (κ3) is 4.58. The molecule has 20 heavy (non-hydrogen) atoms. The summed E-state index contributed by atoms with van der Waals surface area (Å²) in [6, 6.07) is 8.28. The first-order chi connectivity index (χ1) is 9.70. The fraction of sp³-hybridized carbons (Fsp3) is 0.333. The van der Waals surface area contributed by atoms with Gasteiger partial charge in [0.05, 0.1) is 9.35 Å². The predicted octanol–water partition coefficient (Wildman–Crippen LogP) is 5.35. The Labute approximate surface area is 140 Å². The lowest BCUT2D eigenvalue weighted by Gasteiger charge is -2.10. The fourth-order valence-corrected chi connectivity index (χ4v) is 3.67. The van der Waals surface area contributed by atoms with Crippen molar-refractivity contribution < 1.29 is 4.74 Å². The summed E-state index contributed by atoms with van der Waals surface area (Å²) in [5, 5.41) is 5.45. The lowest BCUT2D eigenvalue weighted by Crippen LogP contribution is -2.13. The molecule has 1 N–H and O–H groups in total. The van der Waals surface area contributed by atoms with Crippen molar-refractivity contribution in [2.24, 2.45) is 0 Å². The Balaban J connectivity index is 1.94. The van der Waals surface area contributed by atoms with Crippen molar-refractivity contribution in [3.05, 3.63) is 49.0 Å². The van der Waals surface area contributed by atoms with E-state index in [-0.39, 0.29) is 0 Å². The van der Waals surface area contributed by atoms with Crippen LogP contribution in [-0.4, -0.2) is 6.54 Å². The number of benzene rings is 1. The van der Waals surface area contributed by atoms with Gasteiger partial charge in [0.2, 0.25) is 0 Å². The minimum Gasteiger partial charge on any atom is -0.487 e. The van der Waals surface area contributed by atoms with E-state index in [0.717, 1.165) is 34.2 Å². The van der Waals surface area contributed by atoms with Gasteiger partial charge >= 0.3 is 0 Å². The molecule has 0 aliphatic rings. The van der Waals surface area contributed by atoms with E-state index in [0.29, 0.717) is 6.61 Å². The Bertz CT molecular complexity index is 557. The molecule has 5 heteroatoms. The molecule has 1 heterocycles. The summed E-state index contributed by atoms with van der Waals surface area (Å²) in [5.41, 5.74) is 1.26. The molecule has 0 spiro atoms. The molecule has 0 bridgehead atoms. The van der Waals surface area contributed by atoms with Gasteiger partial charge in [-0.15, -0.1) is 11.3 Å². The Morgan fingerprint density at radius 3 is 2.70 bits per heavy atom. The van der Waals surface area contributed by atoms with Crippen LogP contribution in [0, 0.1) is 0 Å². The van der Waals surface area contributed by atoms with Crippen LogP contribution >= 0.6 is 43.2 Å². The van der Waals surface area contributed by atoms with E-state index in [1.165, 1.54) is 10.4 Å². The van der Waals surface area contributed by atoms with Crippen LogP contribution in [0.15, 0.2) is 38.6 Å². The zero-order valence-electron chi connectivity index (χ0n) is 11.3. The smallest absolute Gasteiger partial charge is 0.134 e. The van der Waals surface area contributed by atoms with Crippen LogP contribution in [0.4, 0.5) is 0 Å². The minimum atomic E-state index is 0.588. The maximum Gasteiger partial charge on any atom is 0.134 e. The standard InChI is InChI=1S/C15H17Br2NOS/c1-2-6-18-9-11-3-4-14(13(17)8-11)19-10-15-12(16)5-7-20-15/h3-5,7-8,18H,2,6,9-10H2,1H3. The SMILES string of the molecule is CCCNCc1ccc(OCc2sccc2Br)c(Br)c1. The number of halogens is 2. The van der Waals surface area contributed by atoms with Crippen molar-refractivity contribution in [3.8, 4) is 5.75 Å². The quantitative estimate of drug-likeness (QED) is 0.611. The fourth-order valence-electron chi connectivity index (χ4n) is 1.75. The summed E-state index contributed by atoms with van der Waals surface area (Å²) in [4.78, 5) is 1.20. The highest BCUT2D eigenvalue weighted by atomic mass is 79.9. The molecule has 0 saturated carbocycles. The molecule has 0 unspecified atom stereocenters. The summed E-state index contributed by atoms with van der Waals surface area (Å²) < 4.78 is 7.97. The van der Waals surface area contributed by atoms with Crippen LogP contribution in [0.1, 0.15) is 23.8 Å². The molecule has 108 valence electrons. The first-order valence-electron chi connectivity index (χ1n) is 6.54. The maximum atomic E-state index is 5.86. The Hall–Kier alpha value is -0.360. The van der Waals surface area contributed by atoms with Gasteiger partial charge in [-0.1, -0.05) is 13.0 Å². The zero-order valence-corrected chi connectivity index (χ0v) is 15.3. The van der Waals surface area contributed by atoms with E-state index < -0.39 is 0 Å². The van der Waals surface area contributed by atoms with Gasteiger partial charge in [-0.25, -0.2) is 0 Å². The lowest BCUT2D eigenvalue weighted by molar-refractivity contribution is 0.307. The van der Waals surface area contributed by atoms with Gasteiger partial charge in [-0.3, -0.25) is 0 Å². The highest BCUT2D eigenvalue weighted by Gasteiger charge is 2.06. The van der Waals surface area contributed by atoms with Crippen LogP contribution in [0.2, 0.25) is 0 Å². The molecule has 1 aromatic heterocycles. The first kappa shape index (κ1) is 16.0. The molecular weight excluding hydrogens is 402 g/mol. The number of nitrogens with one attached hydrogen (secondary N) is 1. The third-order valence-electron chi connectivity index (χ3n) is 2.80. The number of hydrogen-bond donors (Lipinski definition) is 1. The molecule has 0 saturated heterocycles. The first-order valence-corrected chi connectivity index (χ1v) is 9.01. The van der Waals surface area contributed by atoms with Crippen molar-refractivity contribution >= 4 is 43.2 Å². The van der Waals surface area contributed by atoms with Crippen LogP contribution in [0.5, 0.6) is 5.75 Å². The highest BCUT2D eigenvalue weighted by Crippen LogP contribution is 2.29. The second kappa shape index (κ2) is 8.17. The van der Waals surface area contributed by atoms with Crippen molar-refractivity contribution in [2.45, 2.75) is 26.5 Å². The van der Waals surface area contributed by atoms with E-state index >= 15 is 0 Å². The molecule has 2 nitrogen and oxygen atoms in total. The molecule has 2 rings (SSSR count). The molecule has 0 atom stereocenters. The summed E-state index contributed by atoms with van der Waals surface area (Å²) in [6.07, 6.45) is 1.15. The topological polar surface area (TPSA) is 21.3 Å². The van der Waals surface area contributed by atoms with Crippen LogP contribution < -0.4 is 10.1 Å². The number of thiophene rings is 1. The van der Waals surface area contributed by atoms with Crippen molar-refractivity contribution in [3.63, 3.8) is 0 Å². The van der Waals surface area contributed by atoms with Gasteiger partial charge in [-0.05, 0) is 74.0 Å². The number of ether oxygens (including phenoxy) is 1. The Kier molecular flexibility index (Phi) is 6.55. The van der Waals surface area contributed by atoms with Gasteiger partial charge in [0.1, 0.15) is 12.4 Å². The lowest BCUT2D eigenvalue weighted by atomic mass is 10.2. The van der Waals surface area contributed by atoms with Crippen LogP contribution in [0.3, 0.4) is 0 Å². The highest BCUT2D eigenvalue weighted by molar-refractivity contribution is 9.10. The van der Waals surface area contributed by atoms with E-state index in [1.54, 1.807) is 11.3 Å². The number of hydrogen-bond acceptors (Lipinski definition) is 3. The molecule has 0 fully saturated rings. The third-order valence-corrected chi connectivity index (χ3v) is 5.32. The van der Waals surface area contributed by atoms with Crippen molar-refractivity contribution in [1.82, 2.24) is 5.32 Å². The summed E-state index contributed by atoms with van der Waals surface area (Å²) in [5.74, 6) is 0.879. The summed E-state index contributed by atoms with van der Waals surface area (Å²) >= 11 is 8.79. The largest absolute Gasteiger partial charge is 0.487 e. The Morgan fingerprint density at radius 1 is 1.20 bits per heavy atom. The van der Waals surface area contributed by atoms with Crippen molar-refractivity contribution in [2.75, 3.05) is 6.54 Å². The van der Waals surface area contributed by atoms with Gasteiger partial charge in [-0.2, -0.15) is 0 Å². The van der Waals surface area contributed by atoms with Gasteiger partial charge in [0.25, 0.3) is 0 Å². The summed E-state index contributed by atoms with van der Waals surface area (Å²) in [6.45, 7) is 4.69. The second-order valence-electron chi connectivity index (χ2n) is 4.42. The average Bonchev–Trinajstić information content (AvgIpc) is 2.84. The number of rotatable bonds is 7. The molecule has 0 radical (unpaired) electrons. The molecule has 2 aromatic rings. The monoisotopic (exact) mass is 417 g/mol.